The fraction of sp³-hybridized carbons (Fsp3) is 0.400. The predicted molar refractivity (Wildman–Crippen MR) is 106 cm³/mol. The second kappa shape index (κ2) is 7.69. The van der Waals surface area contributed by atoms with E-state index in [-0.39, 0.29) is 16.8 Å². The van der Waals surface area contributed by atoms with Crippen molar-refractivity contribution in [2.45, 2.75) is 24.4 Å². The summed E-state index contributed by atoms with van der Waals surface area (Å²) in [5, 5.41) is 0. The topological polar surface area (TPSA) is 61.9 Å². The molecule has 2 aromatic rings. The fourth-order valence-electron chi connectivity index (χ4n) is 3.64. The van der Waals surface area contributed by atoms with E-state index in [0.717, 1.165) is 31.9 Å². The lowest BCUT2D eigenvalue weighted by molar-refractivity contribution is 0.246. The van der Waals surface area contributed by atoms with Gasteiger partial charge in [0.15, 0.2) is 0 Å². The SMILES string of the molecule is C[C@H]1COc2cc(N3CCN(Cc4ccccc4F)CC3)ccc2S(=O)(=O)N1. The molecule has 2 aliphatic heterocycles. The van der Waals surface area contributed by atoms with Gasteiger partial charge in [0.05, 0.1) is 6.04 Å². The van der Waals surface area contributed by atoms with Gasteiger partial charge < -0.3 is 9.64 Å². The third kappa shape index (κ3) is 3.99. The molecule has 0 spiro atoms. The van der Waals surface area contributed by atoms with Gasteiger partial charge in [-0.2, -0.15) is 0 Å². The van der Waals surface area contributed by atoms with Crippen LogP contribution in [0.1, 0.15) is 12.5 Å². The van der Waals surface area contributed by atoms with E-state index in [4.69, 9.17) is 4.74 Å². The second-order valence-electron chi connectivity index (χ2n) is 7.32. The number of sulfonamides is 1. The first-order valence-electron chi connectivity index (χ1n) is 9.42. The zero-order valence-electron chi connectivity index (χ0n) is 15.8. The highest BCUT2D eigenvalue weighted by atomic mass is 32.2. The summed E-state index contributed by atoms with van der Waals surface area (Å²) in [7, 11) is -3.56. The van der Waals surface area contributed by atoms with E-state index in [9.17, 15) is 12.8 Å². The standard InChI is InChI=1S/C20H24FN3O3S/c1-15-14-27-19-12-17(6-7-20(19)28(25,26)22-15)24-10-8-23(9-11-24)13-16-4-2-3-5-18(16)21/h2-7,12,15,22H,8-11,13-14H2,1H3/t15-/m0/s1. The van der Waals surface area contributed by atoms with Gasteiger partial charge in [-0.15, -0.1) is 0 Å². The van der Waals surface area contributed by atoms with Crippen LogP contribution < -0.4 is 14.4 Å². The summed E-state index contributed by atoms with van der Waals surface area (Å²) in [6.07, 6.45) is 0. The van der Waals surface area contributed by atoms with Crippen molar-refractivity contribution in [2.24, 2.45) is 0 Å². The minimum absolute atomic E-state index is 0.170. The number of fused-ring (bicyclic) bond motifs is 1. The number of piperazine rings is 1. The van der Waals surface area contributed by atoms with Crippen LogP contribution in [0.2, 0.25) is 0 Å². The van der Waals surface area contributed by atoms with Crippen LogP contribution in [0.15, 0.2) is 47.4 Å². The lowest BCUT2D eigenvalue weighted by atomic mass is 10.1. The number of nitrogens with zero attached hydrogens (tertiary/aromatic N) is 2. The van der Waals surface area contributed by atoms with E-state index in [1.165, 1.54) is 6.07 Å². The molecule has 2 aromatic carbocycles. The molecule has 0 aromatic heterocycles. The molecule has 0 radical (unpaired) electrons. The first-order valence-corrected chi connectivity index (χ1v) is 10.9. The van der Waals surface area contributed by atoms with Crippen molar-refractivity contribution < 1.29 is 17.5 Å². The molecule has 0 bridgehead atoms. The summed E-state index contributed by atoms with van der Waals surface area (Å²) in [5.41, 5.74) is 1.65. The van der Waals surface area contributed by atoms with Crippen molar-refractivity contribution in [3.63, 3.8) is 0 Å². The number of halogens is 1. The maximum atomic E-state index is 13.9. The van der Waals surface area contributed by atoms with Crippen LogP contribution in [0.3, 0.4) is 0 Å². The molecule has 8 heteroatoms. The normalized spacial score (nSPS) is 22.2. The smallest absolute Gasteiger partial charge is 0.244 e. The summed E-state index contributed by atoms with van der Waals surface area (Å²) in [4.78, 5) is 4.61. The highest BCUT2D eigenvalue weighted by molar-refractivity contribution is 7.89. The number of nitrogens with one attached hydrogen (secondary N) is 1. The van der Waals surface area contributed by atoms with Crippen LogP contribution in [0.25, 0.3) is 0 Å². The Morgan fingerprint density at radius 2 is 1.89 bits per heavy atom. The molecule has 0 aliphatic carbocycles. The van der Waals surface area contributed by atoms with Crippen molar-refractivity contribution in [1.29, 1.82) is 0 Å². The second-order valence-corrected chi connectivity index (χ2v) is 9.00. The number of benzene rings is 2. The maximum Gasteiger partial charge on any atom is 0.244 e. The van der Waals surface area contributed by atoms with Gasteiger partial charge in [-0.05, 0) is 25.1 Å². The first kappa shape index (κ1) is 19.2. The minimum atomic E-state index is -3.56. The quantitative estimate of drug-likeness (QED) is 0.848. The molecule has 4 rings (SSSR count). The van der Waals surface area contributed by atoms with Crippen molar-refractivity contribution in [2.75, 3.05) is 37.7 Å². The molecule has 150 valence electrons. The zero-order chi connectivity index (χ0) is 19.7. The van der Waals surface area contributed by atoms with E-state index < -0.39 is 10.0 Å². The zero-order valence-corrected chi connectivity index (χ0v) is 16.6. The van der Waals surface area contributed by atoms with E-state index in [1.807, 2.05) is 18.2 Å². The first-order chi connectivity index (χ1) is 13.4. The average Bonchev–Trinajstić information content (AvgIpc) is 2.79. The van der Waals surface area contributed by atoms with Crippen molar-refractivity contribution in [3.05, 3.63) is 53.8 Å². The maximum absolute atomic E-state index is 13.9. The molecular formula is C20H24FN3O3S. The van der Waals surface area contributed by atoms with Gasteiger partial charge in [0.2, 0.25) is 10.0 Å². The van der Waals surface area contributed by atoms with E-state index in [1.54, 1.807) is 25.1 Å². The Morgan fingerprint density at radius 1 is 1.14 bits per heavy atom. The number of hydrogen-bond acceptors (Lipinski definition) is 5. The van der Waals surface area contributed by atoms with E-state index in [0.29, 0.717) is 24.5 Å². The van der Waals surface area contributed by atoms with Crippen LogP contribution in [0.5, 0.6) is 5.75 Å². The number of anilines is 1. The number of hydrogen-bond donors (Lipinski definition) is 1. The molecule has 2 heterocycles. The molecule has 0 unspecified atom stereocenters. The Morgan fingerprint density at radius 3 is 2.64 bits per heavy atom. The average molecular weight is 405 g/mol. The molecule has 28 heavy (non-hydrogen) atoms. The molecule has 1 atom stereocenters. The van der Waals surface area contributed by atoms with Gasteiger partial charge in [-0.3, -0.25) is 4.90 Å². The minimum Gasteiger partial charge on any atom is -0.490 e. The monoisotopic (exact) mass is 405 g/mol. The summed E-state index contributed by atoms with van der Waals surface area (Å²) < 4.78 is 47.0. The Balaban J connectivity index is 1.45. The highest BCUT2D eigenvalue weighted by Crippen LogP contribution is 2.31. The molecule has 1 fully saturated rings. The Labute approximate surface area is 165 Å². The van der Waals surface area contributed by atoms with Crippen LogP contribution in [-0.4, -0.2) is 52.1 Å². The third-order valence-electron chi connectivity index (χ3n) is 5.15. The van der Waals surface area contributed by atoms with Crippen molar-refractivity contribution in [1.82, 2.24) is 9.62 Å². The summed E-state index contributed by atoms with van der Waals surface area (Å²) >= 11 is 0. The largest absolute Gasteiger partial charge is 0.490 e. The third-order valence-corrected chi connectivity index (χ3v) is 6.78. The highest BCUT2D eigenvalue weighted by Gasteiger charge is 2.27. The molecule has 2 aliphatic rings. The summed E-state index contributed by atoms with van der Waals surface area (Å²) in [6, 6.07) is 11.8. The van der Waals surface area contributed by atoms with Crippen LogP contribution >= 0.6 is 0 Å². The summed E-state index contributed by atoms with van der Waals surface area (Å²) in [6.45, 7) is 5.86. The van der Waals surface area contributed by atoms with Gasteiger partial charge in [0, 0.05) is 50.0 Å². The van der Waals surface area contributed by atoms with E-state index in [2.05, 4.69) is 14.5 Å². The van der Waals surface area contributed by atoms with Crippen molar-refractivity contribution in [3.8, 4) is 5.75 Å². The Bertz CT molecular complexity index is 959. The van der Waals surface area contributed by atoms with Gasteiger partial charge in [-0.25, -0.2) is 17.5 Å². The molecule has 0 saturated carbocycles. The Kier molecular flexibility index (Phi) is 5.27. The van der Waals surface area contributed by atoms with Gasteiger partial charge in [0.25, 0.3) is 0 Å². The summed E-state index contributed by atoms with van der Waals surface area (Å²) in [5.74, 6) is 0.222. The van der Waals surface area contributed by atoms with Crippen LogP contribution in [0, 0.1) is 5.82 Å². The van der Waals surface area contributed by atoms with Gasteiger partial charge >= 0.3 is 0 Å². The van der Waals surface area contributed by atoms with Crippen molar-refractivity contribution >= 4 is 15.7 Å². The molecule has 1 N–H and O–H groups in total. The van der Waals surface area contributed by atoms with Gasteiger partial charge in [0.1, 0.15) is 23.1 Å². The fourth-order valence-corrected chi connectivity index (χ4v) is 4.99. The molecule has 0 amide bonds. The van der Waals surface area contributed by atoms with Gasteiger partial charge in [-0.1, -0.05) is 18.2 Å². The van der Waals surface area contributed by atoms with Crippen LogP contribution in [0.4, 0.5) is 10.1 Å². The molecule has 1 saturated heterocycles. The van der Waals surface area contributed by atoms with E-state index >= 15 is 0 Å². The lowest BCUT2D eigenvalue weighted by Gasteiger charge is -2.36. The number of rotatable bonds is 3. The number of ether oxygens (including phenoxy) is 1. The predicted octanol–water partition coefficient (Wildman–Crippen LogP) is 2.21. The van der Waals surface area contributed by atoms with Crippen LogP contribution in [-0.2, 0) is 16.6 Å². The Hall–Kier alpha value is -2.16. The molecular weight excluding hydrogens is 381 g/mol. The molecule has 6 nitrogen and oxygen atoms in total. The lowest BCUT2D eigenvalue weighted by Crippen LogP contribution is -2.46.